The summed E-state index contributed by atoms with van der Waals surface area (Å²) in [4.78, 5) is 3.96. The largest absolute Gasteiger partial charge is 1.00 e. The highest BCUT2D eigenvalue weighted by Gasteiger charge is 2.35. The van der Waals surface area contributed by atoms with Crippen molar-refractivity contribution in [2.45, 2.75) is 18.7 Å². The number of halogens is 1. The number of aliphatic hydroxyl groups is 1. The number of sulfone groups is 1. The van der Waals surface area contributed by atoms with Gasteiger partial charge >= 0.3 is 0 Å². The fourth-order valence-corrected chi connectivity index (χ4v) is 3.55. The molecule has 96 valence electrons. The van der Waals surface area contributed by atoms with E-state index in [4.69, 9.17) is 0 Å². The lowest BCUT2D eigenvalue weighted by Gasteiger charge is -2.14. The van der Waals surface area contributed by atoms with Gasteiger partial charge in [-0.05, 0) is 11.6 Å². The van der Waals surface area contributed by atoms with Crippen LogP contribution in [0.1, 0.15) is 5.56 Å². The van der Waals surface area contributed by atoms with Gasteiger partial charge in [0.25, 0.3) is 0 Å². The maximum Gasteiger partial charge on any atom is 0.154 e. The van der Waals surface area contributed by atoms with Crippen LogP contribution < -0.4 is 17.7 Å². The molecule has 0 radical (unpaired) electrons. The van der Waals surface area contributed by atoms with E-state index < -0.39 is 15.9 Å². The molecule has 0 saturated carbocycles. The van der Waals surface area contributed by atoms with E-state index in [2.05, 4.69) is 10.3 Å². The van der Waals surface area contributed by atoms with Gasteiger partial charge in [0.05, 0.1) is 17.6 Å². The molecule has 0 aromatic carbocycles. The van der Waals surface area contributed by atoms with Crippen molar-refractivity contribution in [3.63, 3.8) is 0 Å². The first-order valence-corrected chi connectivity index (χ1v) is 6.90. The van der Waals surface area contributed by atoms with E-state index in [-0.39, 0.29) is 30.0 Å². The summed E-state index contributed by atoms with van der Waals surface area (Å²) in [5.74, 6) is -0.133. The average Bonchev–Trinajstić information content (AvgIpc) is 2.50. The molecule has 1 aliphatic rings. The van der Waals surface area contributed by atoms with Gasteiger partial charge in [-0.2, -0.15) is 0 Å². The summed E-state index contributed by atoms with van der Waals surface area (Å²) in [6.07, 6.45) is 2.59. The topological polar surface area (TPSA) is 79.3 Å². The van der Waals surface area contributed by atoms with Crippen molar-refractivity contribution in [3.8, 4) is 0 Å². The molecule has 1 aromatic heterocycles. The Kier molecular flexibility index (Phi) is 4.88. The lowest BCUT2D eigenvalue weighted by atomic mass is 10.2. The van der Waals surface area contributed by atoms with Gasteiger partial charge in [0.15, 0.2) is 9.84 Å². The van der Waals surface area contributed by atoms with Crippen LogP contribution in [-0.2, 0) is 16.4 Å². The zero-order valence-corrected chi connectivity index (χ0v) is 10.7. The van der Waals surface area contributed by atoms with E-state index in [1.807, 2.05) is 12.1 Å². The van der Waals surface area contributed by atoms with Crippen molar-refractivity contribution in [1.82, 2.24) is 10.3 Å². The van der Waals surface area contributed by atoms with Gasteiger partial charge in [-0.25, -0.2) is 8.42 Å². The maximum absolute atomic E-state index is 11.3. The average molecular weight is 278 g/mol. The Bertz CT molecular complexity index is 452. The second kappa shape index (κ2) is 5.77. The number of rotatable bonds is 3. The predicted molar refractivity (Wildman–Crippen MR) is 59.5 cm³/mol. The summed E-state index contributed by atoms with van der Waals surface area (Å²) < 4.78 is 22.5. The molecule has 2 rings (SSSR count). The molecule has 0 spiro atoms. The quantitative estimate of drug-likeness (QED) is 0.595. The fraction of sp³-hybridized carbons (Fsp3) is 0.500. The van der Waals surface area contributed by atoms with Crippen LogP contribution in [-0.4, -0.2) is 42.2 Å². The Morgan fingerprint density at radius 3 is 2.76 bits per heavy atom. The van der Waals surface area contributed by atoms with Gasteiger partial charge in [0, 0.05) is 25.0 Å². The minimum atomic E-state index is -3.08. The van der Waals surface area contributed by atoms with Crippen LogP contribution in [0, 0.1) is 0 Å². The van der Waals surface area contributed by atoms with Gasteiger partial charge in [-0.1, -0.05) is 6.07 Å². The van der Waals surface area contributed by atoms with E-state index >= 15 is 0 Å². The molecular formula is C10H14ClN2O3S-. The zero-order chi connectivity index (χ0) is 11.6. The normalized spacial score (nSPS) is 26.4. The molecule has 0 bridgehead atoms. The second-order valence-corrected chi connectivity index (χ2v) is 6.15. The number of hydrogen-bond donors (Lipinski definition) is 2. The third-order valence-electron chi connectivity index (χ3n) is 2.61. The molecule has 2 N–H and O–H groups in total. The van der Waals surface area contributed by atoms with Crippen LogP contribution in [0.25, 0.3) is 0 Å². The minimum absolute atomic E-state index is 0. The third-order valence-corrected chi connectivity index (χ3v) is 4.33. The highest BCUT2D eigenvalue weighted by atomic mass is 35.5. The molecule has 2 heterocycles. The van der Waals surface area contributed by atoms with E-state index in [9.17, 15) is 13.5 Å². The summed E-state index contributed by atoms with van der Waals surface area (Å²) >= 11 is 0. The van der Waals surface area contributed by atoms with Crippen molar-refractivity contribution >= 4 is 9.84 Å². The number of aromatic nitrogens is 1. The Morgan fingerprint density at radius 1 is 1.47 bits per heavy atom. The van der Waals surface area contributed by atoms with Crippen LogP contribution in [0.2, 0.25) is 0 Å². The molecular weight excluding hydrogens is 264 g/mol. The number of hydrogen-bond acceptors (Lipinski definition) is 5. The van der Waals surface area contributed by atoms with Gasteiger partial charge in [-0.3, -0.25) is 4.98 Å². The minimum Gasteiger partial charge on any atom is -1.00 e. The molecule has 2 unspecified atom stereocenters. The van der Waals surface area contributed by atoms with Crippen LogP contribution in [0.3, 0.4) is 0 Å². The Hall–Kier alpha value is -0.690. The van der Waals surface area contributed by atoms with Crippen LogP contribution in [0.5, 0.6) is 0 Å². The van der Waals surface area contributed by atoms with Crippen molar-refractivity contribution in [3.05, 3.63) is 30.1 Å². The molecule has 0 aliphatic carbocycles. The third kappa shape index (κ3) is 3.92. The highest BCUT2D eigenvalue weighted by molar-refractivity contribution is 7.91. The van der Waals surface area contributed by atoms with E-state index in [1.165, 1.54) is 0 Å². The van der Waals surface area contributed by atoms with E-state index in [1.54, 1.807) is 12.4 Å². The number of aliphatic hydroxyl groups excluding tert-OH is 1. The van der Waals surface area contributed by atoms with Gasteiger partial charge in [0.1, 0.15) is 0 Å². The van der Waals surface area contributed by atoms with Crippen molar-refractivity contribution in [1.29, 1.82) is 0 Å². The first-order valence-electron chi connectivity index (χ1n) is 5.07. The molecule has 1 aliphatic heterocycles. The standard InChI is InChI=1S/C10H14N2O3S.ClH/c13-10-7-16(14,15)6-9(10)12-5-8-2-1-3-11-4-8;/h1-4,9-10,12-13H,5-7H2;1H/p-1. The number of pyridine rings is 1. The van der Waals surface area contributed by atoms with Crippen LogP contribution in [0.15, 0.2) is 24.5 Å². The first-order chi connectivity index (χ1) is 7.57. The number of nitrogens with zero attached hydrogens (tertiary/aromatic N) is 1. The summed E-state index contributed by atoms with van der Waals surface area (Å²) in [5, 5.41) is 12.6. The van der Waals surface area contributed by atoms with Crippen molar-refractivity contribution in [2.75, 3.05) is 11.5 Å². The molecule has 1 saturated heterocycles. The monoisotopic (exact) mass is 277 g/mol. The lowest BCUT2D eigenvalue weighted by Crippen LogP contribution is -3.00. The van der Waals surface area contributed by atoms with Crippen molar-refractivity contribution in [2.24, 2.45) is 0 Å². The van der Waals surface area contributed by atoms with E-state index in [0.717, 1.165) is 5.56 Å². The smallest absolute Gasteiger partial charge is 0.154 e. The van der Waals surface area contributed by atoms with Crippen molar-refractivity contribution < 1.29 is 25.9 Å². The lowest BCUT2D eigenvalue weighted by molar-refractivity contribution is -0.00000773. The molecule has 2 atom stereocenters. The van der Waals surface area contributed by atoms with Crippen LogP contribution in [0.4, 0.5) is 0 Å². The Labute approximate surface area is 107 Å². The van der Waals surface area contributed by atoms with Crippen LogP contribution >= 0.6 is 0 Å². The summed E-state index contributed by atoms with van der Waals surface area (Å²) in [5.41, 5.74) is 0.971. The zero-order valence-electron chi connectivity index (χ0n) is 9.08. The molecule has 5 nitrogen and oxygen atoms in total. The van der Waals surface area contributed by atoms with E-state index in [0.29, 0.717) is 6.54 Å². The van der Waals surface area contributed by atoms with Gasteiger partial charge in [-0.15, -0.1) is 0 Å². The summed E-state index contributed by atoms with van der Waals surface area (Å²) in [6.45, 7) is 0.519. The molecule has 17 heavy (non-hydrogen) atoms. The molecule has 1 fully saturated rings. The SMILES string of the molecule is O=S1(=O)CC(O)C(NCc2cccnc2)C1.[Cl-]. The number of nitrogens with one attached hydrogen (secondary N) is 1. The summed E-state index contributed by atoms with van der Waals surface area (Å²) in [7, 11) is -3.08. The fourth-order valence-electron chi connectivity index (χ4n) is 1.78. The molecule has 1 aromatic rings. The second-order valence-electron chi connectivity index (χ2n) is 3.99. The van der Waals surface area contributed by atoms with Gasteiger partial charge < -0.3 is 22.8 Å². The summed E-state index contributed by atoms with van der Waals surface area (Å²) in [6, 6.07) is 3.35. The predicted octanol–water partition coefficient (Wildman–Crippen LogP) is -3.67. The van der Waals surface area contributed by atoms with Gasteiger partial charge in [0.2, 0.25) is 0 Å². The maximum atomic E-state index is 11.3. The molecule has 7 heteroatoms. The Morgan fingerprint density at radius 2 is 2.24 bits per heavy atom. The highest BCUT2D eigenvalue weighted by Crippen LogP contribution is 2.12. The Balaban J connectivity index is 0.00000144. The molecule has 0 amide bonds. The first kappa shape index (κ1) is 14.4.